The summed E-state index contributed by atoms with van der Waals surface area (Å²) in [5.41, 5.74) is 1.22. The van der Waals surface area contributed by atoms with E-state index in [0.29, 0.717) is 0 Å². The van der Waals surface area contributed by atoms with Crippen LogP contribution in [-0.4, -0.2) is 6.10 Å². The standard InChI is InChI=1S/C15H21FO/c1-4-8-15(3,5-2)14-10-11-9-12(16)6-7-13(11)17-14/h6-7,9,14H,4-5,8,10H2,1-3H3. The van der Waals surface area contributed by atoms with Gasteiger partial charge in [-0.15, -0.1) is 0 Å². The average Bonchev–Trinajstić information content (AvgIpc) is 2.72. The van der Waals surface area contributed by atoms with Crippen molar-refractivity contribution in [3.05, 3.63) is 29.6 Å². The van der Waals surface area contributed by atoms with E-state index in [1.807, 2.05) is 0 Å². The molecule has 0 amide bonds. The molecule has 1 nitrogen and oxygen atoms in total. The summed E-state index contributed by atoms with van der Waals surface area (Å²) in [6.07, 6.45) is 4.46. The second-order valence-electron chi connectivity index (χ2n) is 5.32. The minimum atomic E-state index is -0.165. The van der Waals surface area contributed by atoms with Crippen molar-refractivity contribution >= 4 is 0 Å². The third-order valence-electron chi connectivity index (χ3n) is 4.10. The van der Waals surface area contributed by atoms with Crippen LogP contribution in [0.4, 0.5) is 4.39 Å². The van der Waals surface area contributed by atoms with Crippen LogP contribution in [0.2, 0.25) is 0 Å². The first-order chi connectivity index (χ1) is 8.09. The van der Waals surface area contributed by atoms with Crippen LogP contribution in [0.15, 0.2) is 18.2 Å². The quantitative estimate of drug-likeness (QED) is 0.755. The number of halogens is 1. The molecule has 0 N–H and O–H groups in total. The summed E-state index contributed by atoms with van der Waals surface area (Å²) in [7, 11) is 0. The fraction of sp³-hybridized carbons (Fsp3) is 0.600. The van der Waals surface area contributed by atoms with Crippen LogP contribution >= 0.6 is 0 Å². The topological polar surface area (TPSA) is 9.23 Å². The average molecular weight is 236 g/mol. The summed E-state index contributed by atoms with van der Waals surface area (Å²) in [4.78, 5) is 0. The predicted octanol–water partition coefficient (Wildman–Crippen LogP) is 4.35. The van der Waals surface area contributed by atoms with Gasteiger partial charge in [-0.25, -0.2) is 4.39 Å². The molecule has 0 aliphatic carbocycles. The van der Waals surface area contributed by atoms with E-state index in [0.717, 1.165) is 37.0 Å². The maximum Gasteiger partial charge on any atom is 0.123 e. The zero-order valence-corrected chi connectivity index (χ0v) is 10.9. The molecule has 2 unspecified atom stereocenters. The third kappa shape index (κ3) is 2.31. The highest BCUT2D eigenvalue weighted by Crippen LogP contribution is 2.41. The Balaban J connectivity index is 2.18. The first kappa shape index (κ1) is 12.4. The summed E-state index contributed by atoms with van der Waals surface area (Å²) >= 11 is 0. The molecule has 1 aliphatic rings. The SMILES string of the molecule is CCCC(C)(CC)C1Cc2cc(F)ccc2O1. The monoisotopic (exact) mass is 236 g/mol. The molecule has 0 saturated carbocycles. The smallest absolute Gasteiger partial charge is 0.123 e. The van der Waals surface area contributed by atoms with Crippen LogP contribution in [0.25, 0.3) is 0 Å². The molecule has 1 aliphatic heterocycles. The number of benzene rings is 1. The second-order valence-corrected chi connectivity index (χ2v) is 5.32. The summed E-state index contributed by atoms with van der Waals surface area (Å²) in [5.74, 6) is 0.703. The Labute approximate surface area is 103 Å². The summed E-state index contributed by atoms with van der Waals surface area (Å²) in [5, 5.41) is 0. The molecule has 0 bridgehead atoms. The lowest BCUT2D eigenvalue weighted by Crippen LogP contribution is -2.35. The van der Waals surface area contributed by atoms with Gasteiger partial charge in [-0.3, -0.25) is 0 Å². The number of hydrogen-bond donors (Lipinski definition) is 0. The molecule has 0 aromatic heterocycles. The van der Waals surface area contributed by atoms with Crippen molar-refractivity contribution in [2.75, 3.05) is 0 Å². The first-order valence-electron chi connectivity index (χ1n) is 6.54. The molecule has 0 saturated heterocycles. The highest BCUT2D eigenvalue weighted by Gasteiger charge is 2.38. The minimum absolute atomic E-state index is 0.165. The second kappa shape index (κ2) is 4.67. The molecule has 2 heteroatoms. The normalized spacial score (nSPS) is 21.8. The molecule has 1 heterocycles. The van der Waals surface area contributed by atoms with Crippen molar-refractivity contribution in [2.45, 2.75) is 52.6 Å². The Bertz CT molecular complexity index is 402. The minimum Gasteiger partial charge on any atom is -0.489 e. The first-order valence-corrected chi connectivity index (χ1v) is 6.54. The Morgan fingerprint density at radius 2 is 2.18 bits per heavy atom. The van der Waals surface area contributed by atoms with Gasteiger partial charge < -0.3 is 4.74 Å². The lowest BCUT2D eigenvalue weighted by molar-refractivity contribution is 0.0659. The van der Waals surface area contributed by atoms with E-state index in [1.54, 1.807) is 12.1 Å². The van der Waals surface area contributed by atoms with Gasteiger partial charge in [-0.1, -0.05) is 27.2 Å². The van der Waals surface area contributed by atoms with Crippen molar-refractivity contribution in [1.29, 1.82) is 0 Å². The molecule has 17 heavy (non-hydrogen) atoms. The van der Waals surface area contributed by atoms with Gasteiger partial charge >= 0.3 is 0 Å². The van der Waals surface area contributed by atoms with Crippen molar-refractivity contribution in [3.8, 4) is 5.75 Å². The van der Waals surface area contributed by atoms with Gasteiger partial charge in [0.15, 0.2) is 0 Å². The van der Waals surface area contributed by atoms with Gasteiger partial charge in [0, 0.05) is 17.4 Å². The lowest BCUT2D eigenvalue weighted by atomic mass is 9.76. The lowest BCUT2D eigenvalue weighted by Gasteiger charge is -2.33. The molecule has 2 atom stereocenters. The van der Waals surface area contributed by atoms with E-state index in [9.17, 15) is 4.39 Å². The van der Waals surface area contributed by atoms with E-state index in [1.165, 1.54) is 6.07 Å². The van der Waals surface area contributed by atoms with Crippen molar-refractivity contribution in [2.24, 2.45) is 5.41 Å². The highest BCUT2D eigenvalue weighted by molar-refractivity contribution is 5.38. The number of ether oxygens (including phenoxy) is 1. The Hall–Kier alpha value is -1.05. The molecule has 1 aromatic rings. The molecule has 0 radical (unpaired) electrons. The molecule has 0 spiro atoms. The third-order valence-corrected chi connectivity index (χ3v) is 4.10. The molecule has 2 rings (SSSR count). The van der Waals surface area contributed by atoms with Gasteiger partial charge in [0.05, 0.1) is 0 Å². The van der Waals surface area contributed by atoms with Gasteiger partial charge in [0.25, 0.3) is 0 Å². The zero-order chi connectivity index (χ0) is 12.5. The molecular formula is C15H21FO. The van der Waals surface area contributed by atoms with Crippen molar-refractivity contribution < 1.29 is 9.13 Å². The summed E-state index contributed by atoms with van der Waals surface area (Å²) < 4.78 is 19.2. The number of rotatable bonds is 4. The maximum atomic E-state index is 13.2. The fourth-order valence-electron chi connectivity index (χ4n) is 2.74. The van der Waals surface area contributed by atoms with Crippen molar-refractivity contribution in [3.63, 3.8) is 0 Å². The largest absolute Gasteiger partial charge is 0.489 e. The van der Waals surface area contributed by atoms with E-state index in [2.05, 4.69) is 20.8 Å². The molecule has 0 fully saturated rings. The Kier molecular flexibility index (Phi) is 3.41. The molecule has 1 aromatic carbocycles. The maximum absolute atomic E-state index is 13.2. The van der Waals surface area contributed by atoms with Gasteiger partial charge in [-0.05, 0) is 31.0 Å². The van der Waals surface area contributed by atoms with Crippen LogP contribution < -0.4 is 4.74 Å². The van der Waals surface area contributed by atoms with E-state index < -0.39 is 0 Å². The van der Waals surface area contributed by atoms with Crippen LogP contribution in [0, 0.1) is 11.2 Å². The van der Waals surface area contributed by atoms with Crippen LogP contribution in [0.5, 0.6) is 5.75 Å². The van der Waals surface area contributed by atoms with E-state index in [-0.39, 0.29) is 17.3 Å². The van der Waals surface area contributed by atoms with Crippen LogP contribution in [0.3, 0.4) is 0 Å². The van der Waals surface area contributed by atoms with Crippen molar-refractivity contribution in [1.82, 2.24) is 0 Å². The van der Waals surface area contributed by atoms with Gasteiger partial charge in [0.2, 0.25) is 0 Å². The Morgan fingerprint density at radius 3 is 2.82 bits per heavy atom. The zero-order valence-electron chi connectivity index (χ0n) is 10.9. The number of fused-ring (bicyclic) bond motifs is 1. The summed E-state index contributed by atoms with van der Waals surface area (Å²) in [6.45, 7) is 6.70. The van der Waals surface area contributed by atoms with E-state index >= 15 is 0 Å². The number of hydrogen-bond acceptors (Lipinski definition) is 1. The predicted molar refractivity (Wildman–Crippen MR) is 67.8 cm³/mol. The summed E-state index contributed by atoms with van der Waals surface area (Å²) in [6, 6.07) is 4.84. The molecular weight excluding hydrogens is 215 g/mol. The van der Waals surface area contributed by atoms with E-state index in [4.69, 9.17) is 4.74 Å². The fourth-order valence-corrected chi connectivity index (χ4v) is 2.74. The van der Waals surface area contributed by atoms with Crippen LogP contribution in [-0.2, 0) is 6.42 Å². The molecule has 94 valence electrons. The van der Waals surface area contributed by atoms with Gasteiger partial charge in [-0.2, -0.15) is 0 Å². The Morgan fingerprint density at radius 1 is 1.41 bits per heavy atom. The highest BCUT2D eigenvalue weighted by atomic mass is 19.1. The van der Waals surface area contributed by atoms with Crippen LogP contribution in [0.1, 0.15) is 45.6 Å². The van der Waals surface area contributed by atoms with Gasteiger partial charge in [0.1, 0.15) is 17.7 Å².